The quantitative estimate of drug-likeness (QED) is 0.783. The summed E-state index contributed by atoms with van der Waals surface area (Å²) in [6.07, 6.45) is 1.47. The highest BCUT2D eigenvalue weighted by Gasteiger charge is 2.30. The van der Waals surface area contributed by atoms with E-state index in [9.17, 15) is 8.42 Å². The van der Waals surface area contributed by atoms with Gasteiger partial charge in [0.1, 0.15) is 11.9 Å². The van der Waals surface area contributed by atoms with Gasteiger partial charge in [0.05, 0.1) is 4.90 Å². The van der Waals surface area contributed by atoms with Gasteiger partial charge in [-0.25, -0.2) is 8.42 Å². The molecule has 26 heavy (non-hydrogen) atoms. The van der Waals surface area contributed by atoms with Gasteiger partial charge in [0, 0.05) is 13.1 Å². The zero-order valence-corrected chi connectivity index (χ0v) is 16.5. The highest BCUT2D eigenvalue weighted by atomic mass is 32.2. The average Bonchev–Trinajstić information content (AvgIpc) is 2.63. The van der Waals surface area contributed by atoms with E-state index in [2.05, 4.69) is 19.9 Å². The Morgan fingerprint density at radius 1 is 1.00 bits per heavy atom. The molecule has 1 saturated heterocycles. The van der Waals surface area contributed by atoms with E-state index in [-0.39, 0.29) is 6.10 Å². The first kappa shape index (κ1) is 18.9. The SMILES string of the molecule is Cc1ccc(S(=O)(=O)N2CCC(Oc3ccccc3C(C)C)CC2)cc1. The van der Waals surface area contributed by atoms with Crippen LogP contribution in [-0.2, 0) is 10.0 Å². The Labute approximate surface area is 156 Å². The van der Waals surface area contributed by atoms with Crippen molar-refractivity contribution in [1.82, 2.24) is 4.31 Å². The fourth-order valence-electron chi connectivity index (χ4n) is 3.29. The molecule has 0 bridgehead atoms. The summed E-state index contributed by atoms with van der Waals surface area (Å²) in [4.78, 5) is 0.368. The van der Waals surface area contributed by atoms with Crippen LogP contribution in [0, 0.1) is 6.92 Å². The lowest BCUT2D eigenvalue weighted by atomic mass is 10.0. The van der Waals surface area contributed by atoms with Crippen molar-refractivity contribution in [3.05, 3.63) is 59.7 Å². The maximum Gasteiger partial charge on any atom is 0.243 e. The molecule has 0 amide bonds. The minimum Gasteiger partial charge on any atom is -0.490 e. The van der Waals surface area contributed by atoms with Gasteiger partial charge < -0.3 is 4.74 Å². The molecule has 1 aliphatic rings. The lowest BCUT2D eigenvalue weighted by molar-refractivity contribution is 0.133. The average molecular weight is 374 g/mol. The van der Waals surface area contributed by atoms with E-state index in [1.807, 2.05) is 37.3 Å². The van der Waals surface area contributed by atoms with Crippen LogP contribution in [0.25, 0.3) is 0 Å². The second kappa shape index (κ2) is 7.80. The van der Waals surface area contributed by atoms with E-state index in [1.165, 1.54) is 5.56 Å². The predicted octanol–water partition coefficient (Wildman–Crippen LogP) is 4.35. The molecule has 0 N–H and O–H groups in total. The van der Waals surface area contributed by atoms with Crippen LogP contribution in [0.1, 0.15) is 43.7 Å². The summed E-state index contributed by atoms with van der Waals surface area (Å²) in [5.74, 6) is 1.32. The third-order valence-corrected chi connectivity index (χ3v) is 6.81. The minimum atomic E-state index is -3.42. The summed E-state index contributed by atoms with van der Waals surface area (Å²) < 4.78 is 33.4. The van der Waals surface area contributed by atoms with Gasteiger partial charge in [-0.05, 0) is 49.4 Å². The molecule has 0 aliphatic carbocycles. The highest BCUT2D eigenvalue weighted by molar-refractivity contribution is 7.89. The molecule has 0 atom stereocenters. The maximum atomic E-state index is 12.8. The molecule has 0 aromatic heterocycles. The molecule has 0 spiro atoms. The molecule has 0 saturated carbocycles. The Kier molecular flexibility index (Phi) is 5.68. The first-order valence-corrected chi connectivity index (χ1v) is 10.6. The van der Waals surface area contributed by atoms with Crippen molar-refractivity contribution in [3.63, 3.8) is 0 Å². The summed E-state index contributed by atoms with van der Waals surface area (Å²) >= 11 is 0. The van der Waals surface area contributed by atoms with Crippen molar-refractivity contribution in [2.75, 3.05) is 13.1 Å². The standard InChI is InChI=1S/C21H27NO3S/c1-16(2)20-6-4-5-7-21(20)25-18-12-14-22(15-13-18)26(23,24)19-10-8-17(3)9-11-19/h4-11,16,18H,12-15H2,1-3H3. The Bertz CT molecular complexity index is 836. The van der Waals surface area contributed by atoms with Gasteiger partial charge in [0.2, 0.25) is 10.0 Å². The Balaban J connectivity index is 1.65. The lowest BCUT2D eigenvalue weighted by Crippen LogP contribution is -2.41. The number of para-hydroxylation sites is 1. The molecule has 1 fully saturated rings. The van der Waals surface area contributed by atoms with E-state index in [4.69, 9.17) is 4.74 Å². The van der Waals surface area contributed by atoms with Crippen LogP contribution in [-0.4, -0.2) is 31.9 Å². The van der Waals surface area contributed by atoms with Crippen molar-refractivity contribution in [2.24, 2.45) is 0 Å². The van der Waals surface area contributed by atoms with Crippen molar-refractivity contribution < 1.29 is 13.2 Å². The summed E-state index contributed by atoms with van der Waals surface area (Å²) in [7, 11) is -3.42. The van der Waals surface area contributed by atoms with Crippen molar-refractivity contribution in [2.45, 2.75) is 50.5 Å². The molecule has 0 radical (unpaired) electrons. The van der Waals surface area contributed by atoms with Gasteiger partial charge in [-0.3, -0.25) is 0 Å². The Morgan fingerprint density at radius 3 is 2.23 bits per heavy atom. The third-order valence-electron chi connectivity index (χ3n) is 4.89. The lowest BCUT2D eigenvalue weighted by Gasteiger charge is -2.32. The largest absolute Gasteiger partial charge is 0.490 e. The first-order valence-electron chi connectivity index (χ1n) is 9.20. The number of piperidine rings is 1. The molecule has 3 rings (SSSR count). The number of nitrogens with zero attached hydrogens (tertiary/aromatic N) is 1. The summed E-state index contributed by atoms with van der Waals surface area (Å²) in [6.45, 7) is 7.24. The molecular formula is C21H27NO3S. The number of hydrogen-bond acceptors (Lipinski definition) is 3. The summed E-state index contributed by atoms with van der Waals surface area (Å²) in [5.41, 5.74) is 2.25. The zero-order chi connectivity index (χ0) is 18.7. The summed E-state index contributed by atoms with van der Waals surface area (Å²) in [5, 5.41) is 0. The van der Waals surface area contributed by atoms with Crippen molar-refractivity contribution >= 4 is 10.0 Å². The third kappa shape index (κ3) is 4.10. The number of ether oxygens (including phenoxy) is 1. The van der Waals surface area contributed by atoms with Crippen LogP contribution >= 0.6 is 0 Å². The van der Waals surface area contributed by atoms with Crippen LogP contribution in [0.3, 0.4) is 0 Å². The van der Waals surface area contributed by atoms with E-state index in [0.717, 1.165) is 11.3 Å². The molecule has 5 heteroatoms. The Morgan fingerprint density at radius 2 is 1.62 bits per heavy atom. The number of rotatable bonds is 5. The second-order valence-corrected chi connectivity index (χ2v) is 9.16. The fraction of sp³-hybridized carbons (Fsp3) is 0.429. The Hall–Kier alpha value is -1.85. The van der Waals surface area contributed by atoms with E-state index in [0.29, 0.717) is 36.7 Å². The van der Waals surface area contributed by atoms with E-state index in [1.54, 1.807) is 16.4 Å². The minimum absolute atomic E-state index is 0.0550. The number of hydrogen-bond donors (Lipinski definition) is 0. The van der Waals surface area contributed by atoms with Gasteiger partial charge in [-0.2, -0.15) is 4.31 Å². The fourth-order valence-corrected chi connectivity index (χ4v) is 4.76. The highest BCUT2D eigenvalue weighted by Crippen LogP contribution is 2.29. The second-order valence-electron chi connectivity index (χ2n) is 7.23. The van der Waals surface area contributed by atoms with Gasteiger partial charge in [-0.15, -0.1) is 0 Å². The van der Waals surface area contributed by atoms with Gasteiger partial charge >= 0.3 is 0 Å². The van der Waals surface area contributed by atoms with Crippen LogP contribution < -0.4 is 4.74 Å². The number of sulfonamides is 1. The molecular weight excluding hydrogens is 346 g/mol. The van der Waals surface area contributed by atoms with Crippen LogP contribution in [0.2, 0.25) is 0 Å². The molecule has 2 aromatic rings. The van der Waals surface area contributed by atoms with Crippen LogP contribution in [0.15, 0.2) is 53.4 Å². The van der Waals surface area contributed by atoms with E-state index >= 15 is 0 Å². The molecule has 0 unspecified atom stereocenters. The maximum absolute atomic E-state index is 12.8. The molecule has 2 aromatic carbocycles. The van der Waals surface area contributed by atoms with Gasteiger partial charge in [0.15, 0.2) is 0 Å². The number of aryl methyl sites for hydroxylation is 1. The van der Waals surface area contributed by atoms with Crippen molar-refractivity contribution in [1.29, 1.82) is 0 Å². The molecule has 1 heterocycles. The zero-order valence-electron chi connectivity index (χ0n) is 15.7. The smallest absolute Gasteiger partial charge is 0.243 e. The predicted molar refractivity (Wildman–Crippen MR) is 104 cm³/mol. The van der Waals surface area contributed by atoms with Gasteiger partial charge in [0.25, 0.3) is 0 Å². The normalized spacial score (nSPS) is 16.8. The first-order chi connectivity index (χ1) is 12.4. The van der Waals surface area contributed by atoms with Crippen molar-refractivity contribution in [3.8, 4) is 5.75 Å². The van der Waals surface area contributed by atoms with Gasteiger partial charge in [-0.1, -0.05) is 49.7 Å². The van der Waals surface area contributed by atoms with E-state index < -0.39 is 10.0 Å². The monoisotopic (exact) mass is 373 g/mol. The van der Waals surface area contributed by atoms with Crippen LogP contribution in [0.5, 0.6) is 5.75 Å². The molecule has 140 valence electrons. The summed E-state index contributed by atoms with van der Waals surface area (Å²) in [6, 6.07) is 15.2. The molecule has 1 aliphatic heterocycles. The van der Waals surface area contributed by atoms with Crippen LogP contribution in [0.4, 0.5) is 0 Å². The number of benzene rings is 2. The molecule has 4 nitrogen and oxygen atoms in total. The topological polar surface area (TPSA) is 46.6 Å².